The molecular formula is C26H24BrNO. The number of hydrogen-bond donors (Lipinski definition) is 0. The molecule has 0 radical (unpaired) electrons. The number of fused-ring (bicyclic) bond motifs is 4. The van der Waals surface area contributed by atoms with E-state index in [0.717, 1.165) is 29.4 Å². The van der Waals surface area contributed by atoms with Gasteiger partial charge >= 0.3 is 0 Å². The fraction of sp³-hybridized carbons (Fsp3) is 0.346. The number of allylic oxidation sites excluding steroid dienone is 4. The van der Waals surface area contributed by atoms with Crippen molar-refractivity contribution in [1.29, 1.82) is 0 Å². The summed E-state index contributed by atoms with van der Waals surface area (Å²) >= 11 is 3.69. The third kappa shape index (κ3) is 2.56. The van der Waals surface area contributed by atoms with E-state index in [4.69, 9.17) is 0 Å². The van der Waals surface area contributed by atoms with Gasteiger partial charge in [0.15, 0.2) is 5.78 Å². The number of Topliss-reactive ketones (excluding diaryl/α,β-unsaturated/α-hetero) is 1. The van der Waals surface area contributed by atoms with Crippen molar-refractivity contribution in [3.05, 3.63) is 87.4 Å². The lowest BCUT2D eigenvalue weighted by Gasteiger charge is -2.51. The third-order valence-electron chi connectivity index (χ3n) is 7.45. The predicted octanol–water partition coefficient (Wildman–Crippen LogP) is 6.55. The van der Waals surface area contributed by atoms with Crippen LogP contribution in [0.5, 0.6) is 0 Å². The minimum Gasteiger partial charge on any atom is -0.363 e. The molecule has 6 rings (SSSR count). The highest BCUT2D eigenvalue weighted by Gasteiger charge is 2.47. The average Bonchev–Trinajstić information content (AvgIpc) is 3.37. The summed E-state index contributed by atoms with van der Waals surface area (Å²) in [7, 11) is 0. The molecule has 0 amide bonds. The second-order valence-corrected chi connectivity index (χ2v) is 9.93. The largest absolute Gasteiger partial charge is 0.363 e. The Bertz CT molecular complexity index is 1070. The molecule has 2 aromatic rings. The summed E-state index contributed by atoms with van der Waals surface area (Å²) in [6.07, 6.45) is 11.7. The van der Waals surface area contributed by atoms with Crippen LogP contribution in [-0.2, 0) is 0 Å². The molecule has 4 aliphatic rings. The Morgan fingerprint density at radius 1 is 1.03 bits per heavy atom. The Morgan fingerprint density at radius 3 is 2.59 bits per heavy atom. The Hall–Kier alpha value is -2.13. The SMILES string of the molecule is CC(=O)c1cc2c3c(c1)C1C=CCC1C(c1cccc(Br)c1)N3CC1CC=CC21. The van der Waals surface area contributed by atoms with E-state index >= 15 is 0 Å². The minimum absolute atomic E-state index is 0.173. The molecule has 29 heavy (non-hydrogen) atoms. The Morgan fingerprint density at radius 2 is 1.79 bits per heavy atom. The van der Waals surface area contributed by atoms with Gasteiger partial charge in [0.25, 0.3) is 0 Å². The van der Waals surface area contributed by atoms with Gasteiger partial charge in [0, 0.05) is 34.1 Å². The summed E-state index contributed by atoms with van der Waals surface area (Å²) in [5, 5.41) is 0. The van der Waals surface area contributed by atoms with Crippen LogP contribution in [0.4, 0.5) is 5.69 Å². The maximum Gasteiger partial charge on any atom is 0.159 e. The Kier molecular flexibility index (Phi) is 3.93. The first-order valence-electron chi connectivity index (χ1n) is 10.7. The standard InChI is InChI=1S/C26H24BrNO/c1-15(29)18-12-23-20-8-3-6-17(20)14-28-25(16-5-2-7-19(27)11-16)22-10-4-9-21(22)24(13-18)26(23)28/h2-5,7-9,11-13,17,20-22,25H,6,10,14H2,1H3. The van der Waals surface area contributed by atoms with Crippen LogP contribution in [0.2, 0.25) is 0 Å². The number of carbonyl (C=O) groups excluding carboxylic acids is 1. The number of carbonyl (C=O) groups is 1. The fourth-order valence-electron chi connectivity index (χ4n) is 6.25. The van der Waals surface area contributed by atoms with Crippen LogP contribution in [0.25, 0.3) is 0 Å². The number of nitrogens with zero attached hydrogens (tertiary/aromatic N) is 1. The molecule has 0 saturated carbocycles. The molecule has 2 aliphatic heterocycles. The Balaban J connectivity index is 1.61. The van der Waals surface area contributed by atoms with Gasteiger partial charge in [-0.2, -0.15) is 0 Å². The van der Waals surface area contributed by atoms with Crippen LogP contribution in [0, 0.1) is 11.8 Å². The van der Waals surface area contributed by atoms with Crippen LogP contribution in [0.15, 0.2) is 65.2 Å². The van der Waals surface area contributed by atoms with Crippen molar-refractivity contribution in [1.82, 2.24) is 0 Å². The van der Waals surface area contributed by atoms with E-state index in [1.165, 1.54) is 22.4 Å². The van der Waals surface area contributed by atoms with Crippen molar-refractivity contribution in [3.63, 3.8) is 0 Å². The molecular weight excluding hydrogens is 422 g/mol. The fourth-order valence-corrected chi connectivity index (χ4v) is 6.67. The monoisotopic (exact) mass is 445 g/mol. The number of hydrogen-bond acceptors (Lipinski definition) is 2. The quantitative estimate of drug-likeness (QED) is 0.385. The number of ketones is 1. The zero-order valence-electron chi connectivity index (χ0n) is 16.5. The van der Waals surface area contributed by atoms with E-state index in [1.54, 1.807) is 6.92 Å². The molecule has 5 atom stereocenters. The predicted molar refractivity (Wildman–Crippen MR) is 121 cm³/mol. The minimum atomic E-state index is 0.173. The van der Waals surface area contributed by atoms with E-state index in [9.17, 15) is 4.79 Å². The number of halogens is 1. The van der Waals surface area contributed by atoms with Gasteiger partial charge in [-0.3, -0.25) is 4.79 Å². The van der Waals surface area contributed by atoms with Gasteiger partial charge in [-0.05, 0) is 72.6 Å². The number of anilines is 1. The summed E-state index contributed by atoms with van der Waals surface area (Å²) in [5.74, 6) is 2.15. The van der Waals surface area contributed by atoms with Gasteiger partial charge in [-0.15, -0.1) is 0 Å². The lowest BCUT2D eigenvalue weighted by Crippen LogP contribution is -2.46. The first-order chi connectivity index (χ1) is 14.1. The van der Waals surface area contributed by atoms with Crippen LogP contribution in [0.3, 0.4) is 0 Å². The molecule has 0 N–H and O–H groups in total. The van der Waals surface area contributed by atoms with Crippen LogP contribution in [0.1, 0.15) is 64.7 Å². The zero-order valence-corrected chi connectivity index (χ0v) is 18.1. The van der Waals surface area contributed by atoms with Crippen molar-refractivity contribution >= 4 is 27.4 Å². The highest BCUT2D eigenvalue weighted by atomic mass is 79.9. The highest BCUT2D eigenvalue weighted by Crippen LogP contribution is 2.59. The first-order valence-corrected chi connectivity index (χ1v) is 11.5. The molecule has 3 heteroatoms. The highest BCUT2D eigenvalue weighted by molar-refractivity contribution is 9.10. The normalized spacial score (nSPS) is 30.8. The summed E-state index contributed by atoms with van der Waals surface area (Å²) in [6.45, 7) is 2.80. The zero-order chi connectivity index (χ0) is 19.7. The van der Waals surface area contributed by atoms with Crippen LogP contribution in [-0.4, -0.2) is 12.3 Å². The van der Waals surface area contributed by atoms with E-state index in [0.29, 0.717) is 29.7 Å². The molecule has 2 aromatic carbocycles. The molecule has 0 spiro atoms. The second kappa shape index (κ2) is 6.43. The van der Waals surface area contributed by atoms with E-state index in [1.807, 2.05) is 0 Å². The summed E-state index contributed by atoms with van der Waals surface area (Å²) in [5.41, 5.74) is 6.42. The van der Waals surface area contributed by atoms with Crippen molar-refractivity contribution < 1.29 is 4.79 Å². The van der Waals surface area contributed by atoms with Crippen molar-refractivity contribution in [3.8, 4) is 0 Å². The van der Waals surface area contributed by atoms with Crippen LogP contribution < -0.4 is 4.90 Å². The topological polar surface area (TPSA) is 20.3 Å². The summed E-state index contributed by atoms with van der Waals surface area (Å²) in [6, 6.07) is 13.6. The maximum absolute atomic E-state index is 12.4. The molecule has 146 valence electrons. The molecule has 0 saturated heterocycles. The number of rotatable bonds is 2. The lowest BCUT2D eigenvalue weighted by atomic mass is 9.70. The van der Waals surface area contributed by atoms with E-state index in [-0.39, 0.29) is 5.78 Å². The molecule has 2 nitrogen and oxygen atoms in total. The van der Waals surface area contributed by atoms with Gasteiger partial charge in [0.1, 0.15) is 0 Å². The molecule has 2 aliphatic carbocycles. The smallest absolute Gasteiger partial charge is 0.159 e. The molecule has 0 aromatic heterocycles. The van der Waals surface area contributed by atoms with Crippen molar-refractivity contribution in [2.75, 3.05) is 11.4 Å². The Labute approximate surface area is 180 Å². The molecule has 2 heterocycles. The van der Waals surface area contributed by atoms with Gasteiger partial charge < -0.3 is 4.90 Å². The van der Waals surface area contributed by atoms with Gasteiger partial charge in [-0.1, -0.05) is 52.4 Å². The third-order valence-corrected chi connectivity index (χ3v) is 7.94. The first kappa shape index (κ1) is 17.7. The molecule has 0 fully saturated rings. The van der Waals surface area contributed by atoms with Crippen molar-refractivity contribution in [2.24, 2.45) is 11.8 Å². The van der Waals surface area contributed by atoms with Gasteiger partial charge in [-0.25, -0.2) is 0 Å². The van der Waals surface area contributed by atoms with E-state index in [2.05, 4.69) is 81.5 Å². The number of benzene rings is 2. The van der Waals surface area contributed by atoms with Gasteiger partial charge in [0.05, 0.1) is 6.04 Å². The van der Waals surface area contributed by atoms with Gasteiger partial charge in [0.2, 0.25) is 0 Å². The molecule has 0 bridgehead atoms. The maximum atomic E-state index is 12.4. The van der Waals surface area contributed by atoms with Crippen LogP contribution >= 0.6 is 15.9 Å². The second-order valence-electron chi connectivity index (χ2n) is 9.01. The summed E-state index contributed by atoms with van der Waals surface area (Å²) < 4.78 is 1.15. The average molecular weight is 446 g/mol. The summed E-state index contributed by atoms with van der Waals surface area (Å²) in [4.78, 5) is 15.0. The molecule has 5 unspecified atom stereocenters. The van der Waals surface area contributed by atoms with E-state index < -0.39 is 0 Å². The van der Waals surface area contributed by atoms with Crippen molar-refractivity contribution in [2.45, 2.75) is 37.6 Å². The lowest BCUT2D eigenvalue weighted by molar-refractivity contribution is 0.101.